The van der Waals surface area contributed by atoms with Gasteiger partial charge >= 0.3 is 0 Å². The molecule has 0 aliphatic carbocycles. The zero-order valence-electron chi connectivity index (χ0n) is 8.85. The van der Waals surface area contributed by atoms with Gasteiger partial charge in [0.2, 0.25) is 0 Å². The van der Waals surface area contributed by atoms with Gasteiger partial charge < -0.3 is 0 Å². The lowest BCUT2D eigenvalue weighted by Gasteiger charge is -2.17. The molecule has 4 heteroatoms. The maximum atomic E-state index is 12.1. The molecule has 2 heterocycles. The molecule has 2 aromatic rings. The Bertz CT molecular complexity index is 577. The molecule has 0 saturated carbocycles. The Morgan fingerprint density at radius 2 is 2.00 bits per heavy atom. The van der Waals surface area contributed by atoms with E-state index in [0.29, 0.717) is 0 Å². The van der Waals surface area contributed by atoms with E-state index in [2.05, 4.69) is 4.98 Å². The minimum atomic E-state index is 0. The molecule has 0 N–H and O–H groups in total. The topological polar surface area (TPSA) is 34.9 Å². The molecule has 1 aromatic heterocycles. The van der Waals surface area contributed by atoms with Crippen LogP contribution < -0.4 is 5.56 Å². The first kappa shape index (κ1) is 11.1. The van der Waals surface area contributed by atoms with Crippen LogP contribution in [0.15, 0.2) is 29.1 Å². The van der Waals surface area contributed by atoms with Gasteiger partial charge in [-0.25, -0.2) is 4.98 Å². The van der Waals surface area contributed by atoms with Crippen molar-refractivity contribution in [2.45, 2.75) is 25.8 Å². The summed E-state index contributed by atoms with van der Waals surface area (Å²) in [4.78, 5) is 16.6. The maximum absolute atomic E-state index is 12.1. The molecule has 0 bridgehead atoms. The number of hydrogen-bond donors (Lipinski definition) is 0. The molecule has 0 radical (unpaired) electrons. The number of para-hydroxylation sites is 1. The second-order valence-electron chi connectivity index (χ2n) is 3.96. The molecule has 84 valence electrons. The Hall–Kier alpha value is -1.35. The van der Waals surface area contributed by atoms with E-state index < -0.39 is 0 Å². The third-order valence-corrected chi connectivity index (χ3v) is 2.97. The molecule has 3 nitrogen and oxygen atoms in total. The van der Waals surface area contributed by atoms with Crippen molar-refractivity contribution in [2.75, 3.05) is 0 Å². The smallest absolute Gasteiger partial charge is 0.261 e. The van der Waals surface area contributed by atoms with Crippen LogP contribution in [0.3, 0.4) is 0 Å². The van der Waals surface area contributed by atoms with Crippen LogP contribution in [0.1, 0.15) is 18.7 Å². The highest BCUT2D eigenvalue weighted by Crippen LogP contribution is 2.14. The van der Waals surface area contributed by atoms with E-state index in [0.717, 1.165) is 42.5 Å². The standard InChI is InChI=1S/C12H12N2O.ClH/c15-12-9-5-1-2-6-10(9)13-11-7-3-4-8-14(11)12;/h1-2,5-6H,3-4,7-8H2;1H. The van der Waals surface area contributed by atoms with E-state index in [1.165, 1.54) is 0 Å². The minimum Gasteiger partial charge on any atom is -0.296 e. The zero-order valence-corrected chi connectivity index (χ0v) is 9.67. The van der Waals surface area contributed by atoms with Crippen LogP contribution in [-0.2, 0) is 13.0 Å². The Kier molecular flexibility index (Phi) is 2.97. The van der Waals surface area contributed by atoms with Crippen LogP contribution in [-0.4, -0.2) is 9.55 Å². The summed E-state index contributed by atoms with van der Waals surface area (Å²) in [7, 11) is 0. The number of benzene rings is 1. The molecule has 1 aliphatic heterocycles. The largest absolute Gasteiger partial charge is 0.296 e. The molecule has 0 saturated heterocycles. The highest BCUT2D eigenvalue weighted by atomic mass is 35.5. The van der Waals surface area contributed by atoms with E-state index in [1.807, 2.05) is 28.8 Å². The fourth-order valence-corrected chi connectivity index (χ4v) is 2.19. The average molecular weight is 237 g/mol. The maximum Gasteiger partial charge on any atom is 0.261 e. The number of rotatable bonds is 0. The zero-order chi connectivity index (χ0) is 10.3. The molecular weight excluding hydrogens is 224 g/mol. The lowest BCUT2D eigenvalue weighted by molar-refractivity contribution is 0.501. The summed E-state index contributed by atoms with van der Waals surface area (Å²) in [6.45, 7) is 0.825. The number of aromatic nitrogens is 2. The van der Waals surface area contributed by atoms with Crippen LogP contribution in [0.2, 0.25) is 0 Å². The van der Waals surface area contributed by atoms with Gasteiger partial charge in [-0.05, 0) is 25.0 Å². The summed E-state index contributed by atoms with van der Waals surface area (Å²) >= 11 is 0. The Balaban J connectivity index is 0.000000963. The van der Waals surface area contributed by atoms with Gasteiger partial charge in [0.1, 0.15) is 5.82 Å². The molecule has 0 fully saturated rings. The van der Waals surface area contributed by atoms with Crippen LogP contribution in [0.5, 0.6) is 0 Å². The van der Waals surface area contributed by atoms with Gasteiger partial charge in [-0.1, -0.05) is 12.1 Å². The van der Waals surface area contributed by atoms with Gasteiger partial charge in [-0.2, -0.15) is 0 Å². The third-order valence-electron chi connectivity index (χ3n) is 2.97. The fraction of sp³-hybridized carbons (Fsp3) is 0.333. The van der Waals surface area contributed by atoms with Crippen LogP contribution in [0.25, 0.3) is 10.9 Å². The van der Waals surface area contributed by atoms with Crippen molar-refractivity contribution in [3.8, 4) is 0 Å². The summed E-state index contributed by atoms with van der Waals surface area (Å²) < 4.78 is 1.83. The highest BCUT2D eigenvalue weighted by Gasteiger charge is 2.13. The van der Waals surface area contributed by atoms with Crippen molar-refractivity contribution in [2.24, 2.45) is 0 Å². The monoisotopic (exact) mass is 236 g/mol. The van der Waals surface area contributed by atoms with Crippen LogP contribution >= 0.6 is 12.4 Å². The summed E-state index contributed by atoms with van der Waals surface area (Å²) in [5, 5.41) is 0.739. The van der Waals surface area contributed by atoms with Crippen molar-refractivity contribution in [1.82, 2.24) is 9.55 Å². The van der Waals surface area contributed by atoms with Crippen molar-refractivity contribution in [3.63, 3.8) is 0 Å². The quantitative estimate of drug-likeness (QED) is 0.703. The minimum absolute atomic E-state index is 0. The molecule has 3 rings (SSSR count). The number of nitrogens with zero attached hydrogens (tertiary/aromatic N) is 2. The summed E-state index contributed by atoms with van der Waals surface area (Å²) in [6, 6.07) is 7.58. The Labute approximate surface area is 99.5 Å². The van der Waals surface area contributed by atoms with E-state index in [1.54, 1.807) is 0 Å². The normalized spacial score (nSPS) is 14.2. The first-order valence-corrected chi connectivity index (χ1v) is 5.35. The molecule has 0 spiro atoms. The van der Waals surface area contributed by atoms with Gasteiger partial charge in [-0.3, -0.25) is 9.36 Å². The van der Waals surface area contributed by atoms with Crippen molar-refractivity contribution in [3.05, 3.63) is 40.4 Å². The second-order valence-corrected chi connectivity index (χ2v) is 3.96. The third kappa shape index (κ3) is 1.61. The number of halogens is 1. The molecular formula is C12H13ClN2O. The van der Waals surface area contributed by atoms with Gasteiger partial charge in [0.25, 0.3) is 5.56 Å². The Morgan fingerprint density at radius 3 is 2.88 bits per heavy atom. The first-order chi connectivity index (χ1) is 7.36. The lowest BCUT2D eigenvalue weighted by atomic mass is 10.1. The molecule has 0 amide bonds. The molecule has 0 atom stereocenters. The number of aryl methyl sites for hydroxylation is 1. The van der Waals surface area contributed by atoms with Gasteiger partial charge in [0.05, 0.1) is 10.9 Å². The fourth-order valence-electron chi connectivity index (χ4n) is 2.19. The van der Waals surface area contributed by atoms with Gasteiger partial charge in [-0.15, -0.1) is 12.4 Å². The van der Waals surface area contributed by atoms with E-state index >= 15 is 0 Å². The van der Waals surface area contributed by atoms with Gasteiger partial charge in [0, 0.05) is 13.0 Å². The summed E-state index contributed by atoms with van der Waals surface area (Å²) in [5.74, 6) is 0.949. The number of hydrogen-bond acceptors (Lipinski definition) is 2. The molecule has 1 aromatic carbocycles. The molecule has 0 unspecified atom stereocenters. The van der Waals surface area contributed by atoms with Gasteiger partial charge in [0.15, 0.2) is 0 Å². The van der Waals surface area contributed by atoms with E-state index in [9.17, 15) is 4.79 Å². The SMILES string of the molecule is Cl.O=c1c2ccccc2nc2n1CCCC2. The van der Waals surface area contributed by atoms with E-state index in [-0.39, 0.29) is 18.0 Å². The van der Waals surface area contributed by atoms with Crippen molar-refractivity contribution in [1.29, 1.82) is 0 Å². The van der Waals surface area contributed by atoms with Crippen LogP contribution in [0, 0.1) is 0 Å². The van der Waals surface area contributed by atoms with Crippen LogP contribution in [0.4, 0.5) is 0 Å². The highest BCUT2D eigenvalue weighted by molar-refractivity contribution is 5.85. The number of fused-ring (bicyclic) bond motifs is 2. The summed E-state index contributed by atoms with van der Waals surface area (Å²) in [5.41, 5.74) is 0.950. The van der Waals surface area contributed by atoms with E-state index in [4.69, 9.17) is 0 Å². The lowest BCUT2D eigenvalue weighted by Crippen LogP contribution is -2.28. The first-order valence-electron chi connectivity index (χ1n) is 5.35. The average Bonchev–Trinajstić information content (AvgIpc) is 2.30. The Morgan fingerprint density at radius 1 is 1.19 bits per heavy atom. The predicted octanol–water partition coefficient (Wildman–Crippen LogP) is 2.15. The summed E-state index contributed by atoms with van der Waals surface area (Å²) in [6.07, 6.45) is 3.16. The molecule has 16 heavy (non-hydrogen) atoms. The molecule has 1 aliphatic rings. The van der Waals surface area contributed by atoms with Crippen molar-refractivity contribution < 1.29 is 0 Å². The predicted molar refractivity (Wildman–Crippen MR) is 66.2 cm³/mol. The van der Waals surface area contributed by atoms with Crippen molar-refractivity contribution >= 4 is 23.3 Å². The second kappa shape index (κ2) is 4.26.